The van der Waals surface area contributed by atoms with E-state index < -0.39 is 0 Å². The molecule has 8 heteroatoms. The summed E-state index contributed by atoms with van der Waals surface area (Å²) >= 11 is 6.13. The summed E-state index contributed by atoms with van der Waals surface area (Å²) in [7, 11) is 0. The van der Waals surface area contributed by atoms with Crippen molar-refractivity contribution in [2.24, 2.45) is 0 Å². The SMILES string of the molecule is O=C(CCn1c(N2CCCCC2)nc2ccccc2c1=O)N1CCN(c2cccc(Cl)c2)CC1. The lowest BCUT2D eigenvalue weighted by Gasteiger charge is -2.36. The molecular formula is C26H30ClN5O2. The molecule has 0 N–H and O–H groups in total. The maximum Gasteiger partial charge on any atom is 0.262 e. The molecule has 0 atom stereocenters. The Morgan fingerprint density at radius 2 is 1.65 bits per heavy atom. The summed E-state index contributed by atoms with van der Waals surface area (Å²) in [6.07, 6.45) is 3.68. The summed E-state index contributed by atoms with van der Waals surface area (Å²) in [5, 5.41) is 1.32. The number of nitrogens with zero attached hydrogens (tertiary/aromatic N) is 5. The van der Waals surface area contributed by atoms with E-state index in [9.17, 15) is 9.59 Å². The zero-order chi connectivity index (χ0) is 23.5. The second kappa shape index (κ2) is 10.1. The number of piperidine rings is 1. The average molecular weight is 480 g/mol. The Bertz CT molecular complexity index is 1230. The number of benzene rings is 2. The van der Waals surface area contributed by atoms with Crippen LogP contribution in [0.5, 0.6) is 0 Å². The molecule has 2 aliphatic heterocycles. The van der Waals surface area contributed by atoms with Crippen molar-refractivity contribution in [2.45, 2.75) is 32.2 Å². The van der Waals surface area contributed by atoms with E-state index in [1.54, 1.807) is 4.57 Å². The van der Waals surface area contributed by atoms with Crippen LogP contribution in [0.2, 0.25) is 5.02 Å². The molecule has 0 aliphatic carbocycles. The average Bonchev–Trinajstić information content (AvgIpc) is 2.88. The number of halogens is 1. The van der Waals surface area contributed by atoms with Crippen LogP contribution in [-0.4, -0.2) is 59.6 Å². The number of carbonyl (C=O) groups excluding carboxylic acids is 1. The Morgan fingerprint density at radius 3 is 2.41 bits per heavy atom. The van der Waals surface area contributed by atoms with Gasteiger partial charge in [-0.25, -0.2) is 4.98 Å². The summed E-state index contributed by atoms with van der Waals surface area (Å²) in [4.78, 5) is 37.6. The van der Waals surface area contributed by atoms with Gasteiger partial charge in [0.2, 0.25) is 11.9 Å². The van der Waals surface area contributed by atoms with Crippen molar-refractivity contribution in [2.75, 3.05) is 49.1 Å². The van der Waals surface area contributed by atoms with Gasteiger partial charge in [0.1, 0.15) is 0 Å². The molecular weight excluding hydrogens is 450 g/mol. The molecule has 2 aliphatic rings. The van der Waals surface area contributed by atoms with Gasteiger partial charge >= 0.3 is 0 Å². The Hall–Kier alpha value is -3.06. The van der Waals surface area contributed by atoms with Gasteiger partial charge in [0, 0.05) is 62.9 Å². The summed E-state index contributed by atoms with van der Waals surface area (Å²) < 4.78 is 1.72. The van der Waals surface area contributed by atoms with Crippen LogP contribution in [0.1, 0.15) is 25.7 Å². The second-order valence-corrected chi connectivity index (χ2v) is 9.47. The fourth-order valence-corrected chi connectivity index (χ4v) is 5.13. The van der Waals surface area contributed by atoms with Gasteiger partial charge in [-0.3, -0.25) is 14.2 Å². The normalized spacial score (nSPS) is 16.8. The highest BCUT2D eigenvalue weighted by molar-refractivity contribution is 6.30. The summed E-state index contributed by atoms with van der Waals surface area (Å²) in [6, 6.07) is 15.3. The Morgan fingerprint density at radius 1 is 0.882 bits per heavy atom. The number of fused-ring (bicyclic) bond motifs is 1. The Labute approximate surface area is 204 Å². The van der Waals surface area contributed by atoms with Crippen LogP contribution in [0.25, 0.3) is 10.9 Å². The third-order valence-electron chi connectivity index (χ3n) is 6.84. The van der Waals surface area contributed by atoms with Crippen LogP contribution in [0.3, 0.4) is 0 Å². The van der Waals surface area contributed by atoms with Crippen molar-refractivity contribution < 1.29 is 4.79 Å². The molecule has 2 saturated heterocycles. The molecule has 3 aromatic rings. The maximum atomic E-state index is 13.4. The van der Waals surface area contributed by atoms with Crippen LogP contribution >= 0.6 is 11.6 Å². The number of anilines is 2. The highest BCUT2D eigenvalue weighted by Crippen LogP contribution is 2.22. The topological polar surface area (TPSA) is 61.7 Å². The fraction of sp³-hybridized carbons (Fsp3) is 0.423. The number of carbonyl (C=O) groups is 1. The minimum absolute atomic E-state index is 0.0650. The fourth-order valence-electron chi connectivity index (χ4n) is 4.95. The first-order valence-corrected chi connectivity index (χ1v) is 12.5. The lowest BCUT2D eigenvalue weighted by atomic mass is 10.1. The van der Waals surface area contributed by atoms with Crippen LogP contribution < -0.4 is 15.4 Å². The summed E-state index contributed by atoms with van der Waals surface area (Å²) in [6.45, 7) is 4.99. The van der Waals surface area contributed by atoms with E-state index in [-0.39, 0.29) is 17.9 Å². The molecule has 34 heavy (non-hydrogen) atoms. The first-order valence-electron chi connectivity index (χ1n) is 12.1. The van der Waals surface area contributed by atoms with Gasteiger partial charge in [0.05, 0.1) is 10.9 Å². The van der Waals surface area contributed by atoms with Gasteiger partial charge in [0.25, 0.3) is 5.56 Å². The zero-order valence-electron chi connectivity index (χ0n) is 19.3. The molecule has 3 heterocycles. The van der Waals surface area contributed by atoms with Gasteiger partial charge in [-0.2, -0.15) is 0 Å². The molecule has 0 spiro atoms. The quantitative estimate of drug-likeness (QED) is 0.557. The first-order chi connectivity index (χ1) is 16.6. The minimum atomic E-state index is -0.0650. The summed E-state index contributed by atoms with van der Waals surface area (Å²) in [5.41, 5.74) is 1.73. The van der Waals surface area contributed by atoms with Crippen molar-refractivity contribution in [1.82, 2.24) is 14.5 Å². The Balaban J connectivity index is 1.29. The third kappa shape index (κ3) is 4.75. The molecule has 1 amide bonds. The van der Waals surface area contributed by atoms with Crippen molar-refractivity contribution >= 4 is 40.0 Å². The number of piperazine rings is 1. The van der Waals surface area contributed by atoms with Gasteiger partial charge in [-0.1, -0.05) is 29.8 Å². The molecule has 0 bridgehead atoms. The van der Waals surface area contributed by atoms with Crippen LogP contribution in [-0.2, 0) is 11.3 Å². The van der Waals surface area contributed by atoms with Crippen LogP contribution in [0.15, 0.2) is 53.3 Å². The zero-order valence-corrected chi connectivity index (χ0v) is 20.1. The number of rotatable bonds is 5. The molecule has 2 fully saturated rings. The largest absolute Gasteiger partial charge is 0.368 e. The number of amides is 1. The molecule has 7 nitrogen and oxygen atoms in total. The van der Waals surface area contributed by atoms with E-state index in [0.29, 0.717) is 36.5 Å². The van der Waals surface area contributed by atoms with Crippen LogP contribution in [0, 0.1) is 0 Å². The van der Waals surface area contributed by atoms with Gasteiger partial charge < -0.3 is 14.7 Å². The monoisotopic (exact) mass is 479 g/mol. The predicted octanol–water partition coefficient (Wildman–Crippen LogP) is 3.78. The standard InChI is InChI=1S/C26H30ClN5O2/c27-20-7-6-8-21(19-20)29-15-17-30(18-16-29)24(33)11-14-32-25(34)22-9-2-3-10-23(22)28-26(32)31-12-4-1-5-13-31/h2-3,6-10,19H,1,4-5,11-18H2. The van der Waals surface area contributed by atoms with Crippen molar-refractivity contribution in [3.05, 3.63) is 63.9 Å². The molecule has 1 aromatic heterocycles. The predicted molar refractivity (Wildman–Crippen MR) is 137 cm³/mol. The molecule has 2 aromatic carbocycles. The second-order valence-electron chi connectivity index (χ2n) is 9.03. The highest BCUT2D eigenvalue weighted by atomic mass is 35.5. The van der Waals surface area contributed by atoms with E-state index in [4.69, 9.17) is 16.6 Å². The van der Waals surface area contributed by atoms with Crippen molar-refractivity contribution in [1.29, 1.82) is 0 Å². The molecule has 0 radical (unpaired) electrons. The van der Waals surface area contributed by atoms with Gasteiger partial charge in [-0.05, 0) is 49.6 Å². The van der Waals surface area contributed by atoms with E-state index >= 15 is 0 Å². The number of para-hydroxylation sites is 1. The van der Waals surface area contributed by atoms with E-state index in [1.165, 1.54) is 6.42 Å². The lowest BCUT2D eigenvalue weighted by Crippen LogP contribution is -2.49. The van der Waals surface area contributed by atoms with Gasteiger partial charge in [-0.15, -0.1) is 0 Å². The van der Waals surface area contributed by atoms with Crippen molar-refractivity contribution in [3.8, 4) is 0 Å². The van der Waals surface area contributed by atoms with E-state index in [2.05, 4.69) is 9.80 Å². The number of hydrogen-bond donors (Lipinski definition) is 0. The third-order valence-corrected chi connectivity index (χ3v) is 7.07. The van der Waals surface area contributed by atoms with E-state index in [0.717, 1.165) is 49.7 Å². The molecule has 178 valence electrons. The van der Waals surface area contributed by atoms with Gasteiger partial charge in [0.15, 0.2) is 0 Å². The van der Waals surface area contributed by atoms with Crippen molar-refractivity contribution in [3.63, 3.8) is 0 Å². The molecule has 5 rings (SSSR count). The lowest BCUT2D eigenvalue weighted by molar-refractivity contribution is -0.131. The van der Waals surface area contributed by atoms with E-state index in [1.807, 2.05) is 53.4 Å². The number of hydrogen-bond acceptors (Lipinski definition) is 5. The molecule has 0 saturated carbocycles. The summed E-state index contributed by atoms with van der Waals surface area (Å²) in [5.74, 6) is 0.775. The Kier molecular flexibility index (Phi) is 6.72. The maximum absolute atomic E-state index is 13.4. The first kappa shape index (κ1) is 22.7. The number of aromatic nitrogens is 2. The smallest absolute Gasteiger partial charge is 0.262 e. The molecule has 0 unspecified atom stereocenters. The van der Waals surface area contributed by atoms with Crippen LogP contribution in [0.4, 0.5) is 11.6 Å². The highest BCUT2D eigenvalue weighted by Gasteiger charge is 2.23. The minimum Gasteiger partial charge on any atom is -0.368 e.